The summed E-state index contributed by atoms with van der Waals surface area (Å²) < 4.78 is 7.66. The Balaban J connectivity index is 1.58. The van der Waals surface area contributed by atoms with Crippen LogP contribution in [0.3, 0.4) is 0 Å². The van der Waals surface area contributed by atoms with Crippen LogP contribution in [-0.4, -0.2) is 53.2 Å². The maximum Gasteiger partial charge on any atom is 0.273 e. The zero-order valence-electron chi connectivity index (χ0n) is 14.6. The van der Waals surface area contributed by atoms with Gasteiger partial charge in [-0.05, 0) is 30.7 Å². The van der Waals surface area contributed by atoms with Gasteiger partial charge in [-0.2, -0.15) is 0 Å². The minimum atomic E-state index is 0.0226. The van der Waals surface area contributed by atoms with Crippen molar-refractivity contribution >= 4 is 11.6 Å². The van der Waals surface area contributed by atoms with Gasteiger partial charge in [-0.25, -0.2) is 0 Å². The van der Waals surface area contributed by atoms with Crippen molar-refractivity contribution < 1.29 is 9.53 Å². The molecular formula is C19H24N4O2. The van der Waals surface area contributed by atoms with Gasteiger partial charge in [-0.15, -0.1) is 0 Å². The Morgan fingerprint density at radius 2 is 2.08 bits per heavy atom. The average molecular weight is 340 g/mol. The first-order valence-corrected chi connectivity index (χ1v) is 9.02. The van der Waals surface area contributed by atoms with Crippen molar-refractivity contribution in [3.8, 4) is 0 Å². The van der Waals surface area contributed by atoms with E-state index in [0.717, 1.165) is 51.5 Å². The number of amides is 1. The first-order valence-electron chi connectivity index (χ1n) is 9.02. The first-order chi connectivity index (χ1) is 12.3. The Morgan fingerprint density at radius 3 is 2.88 bits per heavy atom. The molecule has 132 valence electrons. The third kappa shape index (κ3) is 3.02. The van der Waals surface area contributed by atoms with E-state index in [1.807, 2.05) is 17.0 Å². The van der Waals surface area contributed by atoms with Crippen LogP contribution in [0.1, 0.15) is 35.6 Å². The van der Waals surface area contributed by atoms with Crippen LogP contribution in [0.15, 0.2) is 36.7 Å². The van der Waals surface area contributed by atoms with Crippen molar-refractivity contribution in [3.63, 3.8) is 0 Å². The Labute approximate surface area is 148 Å². The topological polar surface area (TPSA) is 50.6 Å². The van der Waals surface area contributed by atoms with Crippen molar-refractivity contribution in [3.05, 3.63) is 48.0 Å². The fourth-order valence-electron chi connectivity index (χ4n) is 3.84. The molecule has 2 aliphatic rings. The van der Waals surface area contributed by atoms with Gasteiger partial charge >= 0.3 is 0 Å². The molecule has 0 radical (unpaired) electrons. The fraction of sp³-hybridized carbons (Fsp3) is 0.474. The number of hydrogen-bond donors (Lipinski definition) is 0. The molecule has 4 rings (SSSR count). The van der Waals surface area contributed by atoms with E-state index in [2.05, 4.69) is 39.7 Å². The molecule has 6 heteroatoms. The number of morpholine rings is 1. The Morgan fingerprint density at radius 1 is 1.24 bits per heavy atom. The lowest BCUT2D eigenvalue weighted by molar-refractivity contribution is 0.0612. The summed E-state index contributed by atoms with van der Waals surface area (Å²) >= 11 is 0. The predicted octanol–water partition coefficient (Wildman–Crippen LogP) is 2.33. The maximum absolute atomic E-state index is 13.1. The molecule has 1 saturated heterocycles. The molecule has 2 aromatic rings. The number of ether oxygens (including phenoxy) is 1. The standard InChI is InChI=1S/C19H24N4O2/c1-2-17-18-4-3-7-22(18)8-9-23(17)19(24)16-14-15(5-6-20-16)21-10-12-25-13-11-21/h3-7,14,17H,2,8-13H2,1H3/t17-/m0/s1. The highest BCUT2D eigenvalue weighted by molar-refractivity contribution is 5.93. The minimum absolute atomic E-state index is 0.0226. The second-order valence-electron chi connectivity index (χ2n) is 6.55. The van der Waals surface area contributed by atoms with Crippen molar-refractivity contribution in [2.45, 2.75) is 25.9 Å². The van der Waals surface area contributed by atoms with Gasteiger partial charge < -0.3 is 19.1 Å². The van der Waals surface area contributed by atoms with Crippen LogP contribution in [0.5, 0.6) is 0 Å². The smallest absolute Gasteiger partial charge is 0.273 e. The van der Waals surface area contributed by atoms with E-state index in [9.17, 15) is 4.79 Å². The molecule has 1 fully saturated rings. The normalized spacial score (nSPS) is 20.4. The third-order valence-electron chi connectivity index (χ3n) is 5.15. The molecule has 2 aromatic heterocycles. The van der Waals surface area contributed by atoms with Crippen molar-refractivity contribution in [1.82, 2.24) is 14.5 Å². The quantitative estimate of drug-likeness (QED) is 0.860. The van der Waals surface area contributed by atoms with E-state index in [4.69, 9.17) is 4.74 Å². The lowest BCUT2D eigenvalue weighted by atomic mass is 10.1. The molecular weight excluding hydrogens is 316 g/mol. The molecule has 1 amide bonds. The summed E-state index contributed by atoms with van der Waals surface area (Å²) in [4.78, 5) is 21.7. The number of pyridine rings is 1. The van der Waals surface area contributed by atoms with Crippen molar-refractivity contribution in [1.29, 1.82) is 0 Å². The van der Waals surface area contributed by atoms with Gasteiger partial charge in [0.1, 0.15) is 5.69 Å². The van der Waals surface area contributed by atoms with Gasteiger partial charge in [-0.1, -0.05) is 6.92 Å². The van der Waals surface area contributed by atoms with Gasteiger partial charge in [0, 0.05) is 50.0 Å². The van der Waals surface area contributed by atoms with E-state index in [-0.39, 0.29) is 11.9 Å². The maximum atomic E-state index is 13.1. The second-order valence-corrected chi connectivity index (χ2v) is 6.55. The number of carbonyl (C=O) groups is 1. The first kappa shape index (κ1) is 16.1. The van der Waals surface area contributed by atoms with Crippen LogP contribution in [0.4, 0.5) is 5.69 Å². The number of rotatable bonds is 3. The highest BCUT2D eigenvalue weighted by Crippen LogP contribution is 2.30. The van der Waals surface area contributed by atoms with E-state index < -0.39 is 0 Å². The number of nitrogens with zero attached hydrogens (tertiary/aromatic N) is 4. The highest BCUT2D eigenvalue weighted by Gasteiger charge is 2.31. The third-order valence-corrected chi connectivity index (χ3v) is 5.15. The van der Waals surface area contributed by atoms with Crippen molar-refractivity contribution in [2.24, 2.45) is 0 Å². The molecule has 4 heterocycles. The van der Waals surface area contributed by atoms with Crippen LogP contribution in [0, 0.1) is 0 Å². The Kier molecular flexibility index (Phi) is 4.44. The van der Waals surface area contributed by atoms with E-state index in [0.29, 0.717) is 5.69 Å². The summed E-state index contributed by atoms with van der Waals surface area (Å²) in [6.07, 6.45) is 4.74. The van der Waals surface area contributed by atoms with Crippen molar-refractivity contribution in [2.75, 3.05) is 37.7 Å². The zero-order chi connectivity index (χ0) is 17.2. The summed E-state index contributed by atoms with van der Waals surface area (Å²) in [7, 11) is 0. The number of anilines is 1. The van der Waals surface area contributed by atoms with Crippen LogP contribution >= 0.6 is 0 Å². The van der Waals surface area contributed by atoms with Gasteiger partial charge in [-0.3, -0.25) is 9.78 Å². The van der Waals surface area contributed by atoms with Crippen LogP contribution in [-0.2, 0) is 11.3 Å². The SMILES string of the molecule is CC[C@H]1c2cccn2CCN1C(=O)c1cc(N2CCOCC2)ccn1. The van der Waals surface area contributed by atoms with E-state index >= 15 is 0 Å². The second kappa shape index (κ2) is 6.88. The number of hydrogen-bond acceptors (Lipinski definition) is 4. The lowest BCUT2D eigenvalue weighted by Crippen LogP contribution is -2.42. The lowest BCUT2D eigenvalue weighted by Gasteiger charge is -2.36. The Hall–Kier alpha value is -2.34. The largest absolute Gasteiger partial charge is 0.378 e. The number of carbonyl (C=O) groups excluding carboxylic acids is 1. The Bertz CT molecular complexity index is 751. The molecule has 0 bridgehead atoms. The summed E-state index contributed by atoms with van der Waals surface area (Å²) in [5, 5.41) is 0. The minimum Gasteiger partial charge on any atom is -0.378 e. The van der Waals surface area contributed by atoms with Crippen LogP contribution < -0.4 is 4.90 Å². The molecule has 0 aliphatic carbocycles. The molecule has 0 aromatic carbocycles. The van der Waals surface area contributed by atoms with Crippen LogP contribution in [0.25, 0.3) is 0 Å². The van der Waals surface area contributed by atoms with Crippen LogP contribution in [0.2, 0.25) is 0 Å². The summed E-state index contributed by atoms with van der Waals surface area (Å²) in [6.45, 7) is 6.86. The predicted molar refractivity (Wildman–Crippen MR) is 95.8 cm³/mol. The van der Waals surface area contributed by atoms with Gasteiger partial charge in [0.25, 0.3) is 5.91 Å². The van der Waals surface area contributed by atoms with Gasteiger partial charge in [0.15, 0.2) is 0 Å². The number of fused-ring (bicyclic) bond motifs is 1. The van der Waals surface area contributed by atoms with Gasteiger partial charge in [0.05, 0.1) is 19.3 Å². The fourth-order valence-corrected chi connectivity index (χ4v) is 3.84. The molecule has 0 unspecified atom stereocenters. The summed E-state index contributed by atoms with van der Waals surface area (Å²) in [5.41, 5.74) is 2.80. The summed E-state index contributed by atoms with van der Waals surface area (Å²) in [5.74, 6) is 0.0226. The molecule has 0 N–H and O–H groups in total. The monoisotopic (exact) mass is 340 g/mol. The molecule has 2 aliphatic heterocycles. The molecule has 0 saturated carbocycles. The summed E-state index contributed by atoms with van der Waals surface area (Å²) in [6, 6.07) is 8.19. The van der Waals surface area contributed by atoms with Gasteiger partial charge in [0.2, 0.25) is 0 Å². The zero-order valence-corrected chi connectivity index (χ0v) is 14.6. The molecule has 6 nitrogen and oxygen atoms in total. The number of aromatic nitrogens is 2. The van der Waals surface area contributed by atoms with E-state index in [1.165, 1.54) is 5.69 Å². The van der Waals surface area contributed by atoms with E-state index in [1.54, 1.807) is 6.20 Å². The molecule has 0 spiro atoms. The average Bonchev–Trinajstić information content (AvgIpc) is 3.16. The molecule has 25 heavy (non-hydrogen) atoms. The highest BCUT2D eigenvalue weighted by atomic mass is 16.5. The molecule has 1 atom stereocenters.